The number of nitrogens with one attached hydrogen (secondary N) is 1. The average molecular weight is 323 g/mol. The Morgan fingerprint density at radius 3 is 2.79 bits per heavy atom. The lowest BCUT2D eigenvalue weighted by Gasteiger charge is -2.10. The summed E-state index contributed by atoms with van der Waals surface area (Å²) >= 11 is 0. The van der Waals surface area contributed by atoms with Crippen LogP contribution in [0.3, 0.4) is 0 Å². The first kappa shape index (κ1) is 15.7. The molecule has 3 heterocycles. The maximum atomic E-state index is 11.4. The second kappa shape index (κ2) is 6.11. The monoisotopic (exact) mass is 323 g/mol. The quantitative estimate of drug-likeness (QED) is 0.761. The van der Waals surface area contributed by atoms with Crippen LogP contribution in [0.2, 0.25) is 0 Å². The van der Waals surface area contributed by atoms with Gasteiger partial charge in [0.05, 0.1) is 40.9 Å². The summed E-state index contributed by atoms with van der Waals surface area (Å²) in [6, 6.07) is 4.76. The predicted molar refractivity (Wildman–Crippen MR) is 92.5 cm³/mol. The van der Waals surface area contributed by atoms with Crippen molar-refractivity contribution in [3.8, 4) is 5.75 Å². The molecular weight excluding hydrogens is 306 g/mol. The number of nitrogens with zero attached hydrogens (tertiary/aromatic N) is 3. The molecule has 122 valence electrons. The molecule has 0 atom stereocenters. The van der Waals surface area contributed by atoms with Crippen LogP contribution in [0.1, 0.15) is 22.8 Å². The average Bonchev–Trinajstić information content (AvgIpc) is 2.56. The van der Waals surface area contributed by atoms with Gasteiger partial charge in [-0.2, -0.15) is 0 Å². The second-order valence-electron chi connectivity index (χ2n) is 5.38. The lowest BCUT2D eigenvalue weighted by molar-refractivity contribution is 0.412. The third kappa shape index (κ3) is 2.96. The van der Waals surface area contributed by atoms with E-state index in [1.165, 1.54) is 13.2 Å². The molecule has 24 heavy (non-hydrogen) atoms. The second-order valence-corrected chi connectivity index (χ2v) is 5.38. The summed E-state index contributed by atoms with van der Waals surface area (Å²) in [5, 5.41) is 0. The summed E-state index contributed by atoms with van der Waals surface area (Å²) in [5.74, 6) is 0.468. The Hall–Kier alpha value is -3.22. The lowest BCUT2D eigenvalue weighted by Crippen LogP contribution is -2.07. The first-order valence-electron chi connectivity index (χ1n) is 7.34. The van der Waals surface area contributed by atoms with E-state index < -0.39 is 0 Å². The number of H-pyrrole nitrogens is 1. The number of aromatic nitrogens is 4. The molecular formula is C17H17N5O2. The van der Waals surface area contributed by atoms with Crippen molar-refractivity contribution in [2.45, 2.75) is 13.8 Å². The number of rotatable bonds is 3. The third-order valence-corrected chi connectivity index (χ3v) is 3.56. The van der Waals surface area contributed by atoms with Crippen molar-refractivity contribution in [1.29, 1.82) is 0 Å². The summed E-state index contributed by atoms with van der Waals surface area (Å²) in [6.07, 6.45) is 3.39. The van der Waals surface area contributed by atoms with E-state index in [2.05, 4.69) is 19.9 Å². The number of aryl methyl sites for hydroxylation is 2. The summed E-state index contributed by atoms with van der Waals surface area (Å²) in [6.45, 7) is 3.75. The zero-order valence-corrected chi connectivity index (χ0v) is 13.6. The van der Waals surface area contributed by atoms with Crippen LogP contribution in [-0.4, -0.2) is 27.0 Å². The first-order chi connectivity index (χ1) is 11.5. The summed E-state index contributed by atoms with van der Waals surface area (Å²) in [7, 11) is 1.53. The fourth-order valence-electron chi connectivity index (χ4n) is 2.39. The van der Waals surface area contributed by atoms with E-state index in [1.54, 1.807) is 24.4 Å². The molecule has 0 spiro atoms. The highest BCUT2D eigenvalue weighted by Gasteiger charge is 2.12. The molecule has 3 N–H and O–H groups in total. The number of methoxy groups -OCH3 is 1. The van der Waals surface area contributed by atoms with E-state index in [-0.39, 0.29) is 5.56 Å². The number of fused-ring (bicyclic) bond motifs is 1. The van der Waals surface area contributed by atoms with Crippen LogP contribution < -0.4 is 16.0 Å². The van der Waals surface area contributed by atoms with Gasteiger partial charge in [-0.25, -0.2) is 4.98 Å². The van der Waals surface area contributed by atoms with Crippen LogP contribution in [0.25, 0.3) is 22.8 Å². The minimum atomic E-state index is -0.201. The fraction of sp³-hybridized carbons (Fsp3) is 0.176. The predicted octanol–water partition coefficient (Wildman–Crippen LogP) is 1.80. The standard InChI is InChI=1S/C17H17N5O2/c1-9-8-19-13(10(2)20-9)6-11(18)17-15(24-3)7-14-12(22-17)4-5-16(23)21-14/h4-8H,18H2,1-3H3,(H,21,23). The van der Waals surface area contributed by atoms with E-state index in [0.29, 0.717) is 33.9 Å². The molecule has 0 fully saturated rings. The molecule has 0 unspecified atom stereocenters. The van der Waals surface area contributed by atoms with Gasteiger partial charge in [0.1, 0.15) is 11.4 Å². The van der Waals surface area contributed by atoms with Crippen molar-refractivity contribution in [3.05, 3.63) is 57.5 Å². The minimum absolute atomic E-state index is 0.201. The van der Waals surface area contributed by atoms with Gasteiger partial charge in [-0.3, -0.25) is 14.8 Å². The smallest absolute Gasteiger partial charge is 0.248 e. The molecule has 3 aromatic heterocycles. The van der Waals surface area contributed by atoms with Crippen molar-refractivity contribution in [2.75, 3.05) is 7.11 Å². The molecule has 0 bridgehead atoms. The largest absolute Gasteiger partial charge is 0.494 e. The normalized spacial score (nSPS) is 11.7. The van der Waals surface area contributed by atoms with E-state index in [1.807, 2.05) is 13.8 Å². The number of ether oxygens (including phenoxy) is 1. The van der Waals surface area contributed by atoms with Crippen molar-refractivity contribution in [2.24, 2.45) is 5.73 Å². The van der Waals surface area contributed by atoms with Gasteiger partial charge in [0.2, 0.25) is 5.56 Å². The highest BCUT2D eigenvalue weighted by Crippen LogP contribution is 2.26. The Kier molecular flexibility index (Phi) is 3.99. The van der Waals surface area contributed by atoms with Crippen molar-refractivity contribution >= 4 is 22.8 Å². The molecule has 7 heteroatoms. The molecule has 0 aromatic carbocycles. The van der Waals surface area contributed by atoms with Crippen LogP contribution >= 0.6 is 0 Å². The van der Waals surface area contributed by atoms with Crippen LogP contribution in [-0.2, 0) is 0 Å². The Bertz CT molecular complexity index is 1010. The molecule has 0 saturated carbocycles. The zero-order valence-electron chi connectivity index (χ0n) is 13.6. The van der Waals surface area contributed by atoms with Gasteiger partial charge in [-0.1, -0.05) is 0 Å². The van der Waals surface area contributed by atoms with E-state index in [0.717, 1.165) is 11.4 Å². The van der Waals surface area contributed by atoms with Crippen LogP contribution in [0.4, 0.5) is 0 Å². The fourth-order valence-corrected chi connectivity index (χ4v) is 2.39. The number of aromatic amines is 1. The molecule has 3 aromatic rings. The van der Waals surface area contributed by atoms with Gasteiger partial charge >= 0.3 is 0 Å². The van der Waals surface area contributed by atoms with E-state index >= 15 is 0 Å². The molecule has 0 aliphatic rings. The van der Waals surface area contributed by atoms with Crippen LogP contribution in [0, 0.1) is 13.8 Å². The zero-order chi connectivity index (χ0) is 17.3. The van der Waals surface area contributed by atoms with Gasteiger partial charge in [-0.15, -0.1) is 0 Å². The summed E-state index contributed by atoms with van der Waals surface area (Å²) < 4.78 is 5.36. The molecule has 7 nitrogen and oxygen atoms in total. The van der Waals surface area contributed by atoms with Gasteiger partial charge in [0.25, 0.3) is 0 Å². The number of hydrogen-bond donors (Lipinski definition) is 2. The van der Waals surface area contributed by atoms with Gasteiger partial charge in [0, 0.05) is 18.3 Å². The number of nitrogens with two attached hydrogens (primary N) is 1. The minimum Gasteiger partial charge on any atom is -0.494 e. The molecule has 0 aliphatic heterocycles. The topological polar surface area (TPSA) is 107 Å². The number of hydrogen-bond acceptors (Lipinski definition) is 6. The van der Waals surface area contributed by atoms with Crippen LogP contribution in [0.5, 0.6) is 5.75 Å². The number of pyridine rings is 2. The Morgan fingerprint density at radius 1 is 1.29 bits per heavy atom. The highest BCUT2D eigenvalue weighted by molar-refractivity contribution is 5.85. The highest BCUT2D eigenvalue weighted by atomic mass is 16.5. The summed E-state index contributed by atoms with van der Waals surface area (Å²) in [4.78, 5) is 27.3. The first-order valence-corrected chi connectivity index (χ1v) is 7.34. The van der Waals surface area contributed by atoms with E-state index in [4.69, 9.17) is 10.5 Å². The van der Waals surface area contributed by atoms with Crippen molar-refractivity contribution < 1.29 is 4.74 Å². The van der Waals surface area contributed by atoms with Gasteiger partial charge in [-0.05, 0) is 26.0 Å². The van der Waals surface area contributed by atoms with Crippen molar-refractivity contribution in [1.82, 2.24) is 19.9 Å². The molecule has 0 saturated heterocycles. The SMILES string of the molecule is COc1cc2[nH]c(=O)ccc2nc1C(N)=Cc1ncc(C)nc1C. The maximum Gasteiger partial charge on any atom is 0.248 e. The Balaban J connectivity index is 2.14. The molecule has 0 aliphatic carbocycles. The van der Waals surface area contributed by atoms with Gasteiger partial charge < -0.3 is 15.5 Å². The molecule has 3 rings (SSSR count). The van der Waals surface area contributed by atoms with E-state index in [9.17, 15) is 4.79 Å². The lowest BCUT2D eigenvalue weighted by atomic mass is 10.2. The van der Waals surface area contributed by atoms with Gasteiger partial charge in [0.15, 0.2) is 0 Å². The Morgan fingerprint density at radius 2 is 2.08 bits per heavy atom. The van der Waals surface area contributed by atoms with Crippen LogP contribution in [0.15, 0.2) is 29.2 Å². The third-order valence-electron chi connectivity index (χ3n) is 3.56. The maximum absolute atomic E-state index is 11.4. The molecule has 0 amide bonds. The Labute approximate surface area is 138 Å². The molecule has 0 radical (unpaired) electrons. The van der Waals surface area contributed by atoms with Crippen molar-refractivity contribution in [3.63, 3.8) is 0 Å². The summed E-state index contributed by atoms with van der Waals surface area (Å²) in [5.41, 5.74) is 10.4.